The Labute approximate surface area is 149 Å². The Morgan fingerprint density at radius 3 is 2.19 bits per heavy atom. The molecule has 2 heterocycles. The van der Waals surface area contributed by atoms with Crippen LogP contribution in [0.1, 0.15) is 39.6 Å². The second-order valence-electron chi connectivity index (χ2n) is 5.89. The third-order valence-corrected chi connectivity index (χ3v) is 4.36. The van der Waals surface area contributed by atoms with Gasteiger partial charge >= 0.3 is 0 Å². The molecule has 1 atom stereocenters. The van der Waals surface area contributed by atoms with Crippen LogP contribution in [0, 0.1) is 0 Å². The molecule has 2 amide bonds. The maximum absolute atomic E-state index is 12.6. The molecule has 4 rings (SSSR count). The molecular weight excluding hydrogens is 334 g/mol. The second kappa shape index (κ2) is 6.11. The molecule has 7 heteroatoms. The number of ether oxygens (including phenoxy) is 1. The highest BCUT2D eigenvalue weighted by Crippen LogP contribution is 2.31. The van der Waals surface area contributed by atoms with Crippen LogP contribution in [0.2, 0.25) is 0 Å². The molecule has 3 aromatic rings. The van der Waals surface area contributed by atoms with Crippen molar-refractivity contribution in [3.8, 4) is 17.1 Å². The van der Waals surface area contributed by atoms with Gasteiger partial charge in [-0.2, -0.15) is 4.98 Å². The predicted molar refractivity (Wildman–Crippen MR) is 91.6 cm³/mol. The van der Waals surface area contributed by atoms with Gasteiger partial charge in [-0.05, 0) is 43.3 Å². The molecule has 1 aliphatic heterocycles. The van der Waals surface area contributed by atoms with Crippen LogP contribution in [0.4, 0.5) is 0 Å². The molecule has 0 saturated heterocycles. The standard InChI is InChI=1S/C19H15N3O4/c1-11(22-18(23)14-5-3-4-6-15(14)19(22)24)17-20-16(21-26-17)12-7-9-13(25-2)10-8-12/h3-11H,1-2H3/t11-/m0/s1. The molecule has 0 bridgehead atoms. The first-order valence-corrected chi connectivity index (χ1v) is 8.05. The summed E-state index contributed by atoms with van der Waals surface area (Å²) >= 11 is 0. The van der Waals surface area contributed by atoms with Crippen molar-refractivity contribution in [1.82, 2.24) is 15.0 Å². The average Bonchev–Trinajstić information content (AvgIpc) is 3.26. The number of carbonyl (C=O) groups is 2. The van der Waals surface area contributed by atoms with Gasteiger partial charge in [0.2, 0.25) is 11.7 Å². The summed E-state index contributed by atoms with van der Waals surface area (Å²) in [6, 6.07) is 13.3. The molecule has 7 nitrogen and oxygen atoms in total. The summed E-state index contributed by atoms with van der Waals surface area (Å²) in [6.45, 7) is 1.69. The van der Waals surface area contributed by atoms with Crippen molar-refractivity contribution in [3.63, 3.8) is 0 Å². The van der Waals surface area contributed by atoms with E-state index >= 15 is 0 Å². The molecule has 0 radical (unpaired) electrons. The van der Waals surface area contributed by atoms with E-state index in [4.69, 9.17) is 9.26 Å². The minimum Gasteiger partial charge on any atom is -0.497 e. The summed E-state index contributed by atoms with van der Waals surface area (Å²) in [4.78, 5) is 30.6. The molecule has 0 saturated carbocycles. The van der Waals surface area contributed by atoms with Crippen molar-refractivity contribution in [2.75, 3.05) is 7.11 Å². The van der Waals surface area contributed by atoms with Gasteiger partial charge in [-0.3, -0.25) is 14.5 Å². The van der Waals surface area contributed by atoms with Crippen LogP contribution in [-0.4, -0.2) is 34.0 Å². The molecule has 130 valence electrons. The van der Waals surface area contributed by atoms with E-state index in [9.17, 15) is 9.59 Å². The SMILES string of the molecule is COc1ccc(-c2noc([C@H](C)N3C(=O)c4ccccc4C3=O)n2)cc1. The normalized spacial score (nSPS) is 14.5. The van der Waals surface area contributed by atoms with Crippen molar-refractivity contribution in [1.29, 1.82) is 0 Å². The summed E-state index contributed by atoms with van der Waals surface area (Å²) < 4.78 is 10.4. The van der Waals surface area contributed by atoms with Gasteiger partial charge in [-0.15, -0.1) is 0 Å². The highest BCUT2D eigenvalue weighted by Gasteiger charge is 2.40. The Kier molecular flexibility index (Phi) is 3.76. The number of amides is 2. The Morgan fingerprint density at radius 2 is 1.62 bits per heavy atom. The maximum Gasteiger partial charge on any atom is 0.262 e. The number of rotatable bonds is 4. The van der Waals surface area contributed by atoms with Gasteiger partial charge in [0.15, 0.2) is 0 Å². The van der Waals surface area contributed by atoms with E-state index in [-0.39, 0.29) is 17.7 Å². The highest BCUT2D eigenvalue weighted by atomic mass is 16.5. The third-order valence-electron chi connectivity index (χ3n) is 4.36. The third kappa shape index (κ3) is 2.45. The predicted octanol–water partition coefficient (Wildman–Crippen LogP) is 3.10. The Morgan fingerprint density at radius 1 is 1.00 bits per heavy atom. The molecule has 0 spiro atoms. The number of aromatic nitrogens is 2. The van der Waals surface area contributed by atoms with Crippen molar-refractivity contribution >= 4 is 11.8 Å². The molecule has 2 aromatic carbocycles. The lowest BCUT2D eigenvalue weighted by Gasteiger charge is -2.18. The number of hydrogen-bond acceptors (Lipinski definition) is 6. The summed E-state index contributed by atoms with van der Waals surface area (Å²) in [5, 5.41) is 3.96. The first-order chi connectivity index (χ1) is 12.6. The minimum absolute atomic E-state index is 0.199. The van der Waals surface area contributed by atoms with Crippen LogP contribution in [0.3, 0.4) is 0 Å². The molecule has 1 aliphatic rings. The lowest BCUT2D eigenvalue weighted by molar-refractivity contribution is 0.0568. The van der Waals surface area contributed by atoms with Gasteiger partial charge in [0.05, 0.1) is 18.2 Å². The smallest absolute Gasteiger partial charge is 0.262 e. The molecule has 0 N–H and O–H groups in total. The quantitative estimate of drug-likeness (QED) is 0.673. The monoisotopic (exact) mass is 349 g/mol. The Bertz CT molecular complexity index is 959. The summed E-state index contributed by atoms with van der Waals surface area (Å²) in [6.07, 6.45) is 0. The number of nitrogens with zero attached hydrogens (tertiary/aromatic N) is 3. The molecule has 26 heavy (non-hydrogen) atoms. The summed E-state index contributed by atoms with van der Waals surface area (Å²) in [5.74, 6) is 0.581. The Balaban J connectivity index is 1.62. The topological polar surface area (TPSA) is 85.5 Å². The van der Waals surface area contributed by atoms with E-state index in [1.165, 1.54) is 0 Å². The number of methoxy groups -OCH3 is 1. The molecular formula is C19H15N3O4. The summed E-state index contributed by atoms with van der Waals surface area (Å²) in [5.41, 5.74) is 1.52. The number of fused-ring (bicyclic) bond motifs is 1. The van der Waals surface area contributed by atoms with E-state index in [1.54, 1.807) is 62.6 Å². The van der Waals surface area contributed by atoms with Crippen LogP contribution in [0.25, 0.3) is 11.4 Å². The maximum atomic E-state index is 12.6. The largest absolute Gasteiger partial charge is 0.497 e. The first kappa shape index (κ1) is 16.0. The second-order valence-corrected chi connectivity index (χ2v) is 5.89. The van der Waals surface area contributed by atoms with Gasteiger partial charge in [0.25, 0.3) is 11.8 Å². The van der Waals surface area contributed by atoms with Crippen molar-refractivity contribution in [3.05, 3.63) is 65.5 Å². The number of benzene rings is 2. The van der Waals surface area contributed by atoms with Crippen LogP contribution in [0.5, 0.6) is 5.75 Å². The van der Waals surface area contributed by atoms with Crippen molar-refractivity contribution in [2.45, 2.75) is 13.0 Å². The van der Waals surface area contributed by atoms with Gasteiger partial charge in [0, 0.05) is 5.56 Å². The molecule has 1 aromatic heterocycles. The summed E-state index contributed by atoms with van der Waals surface area (Å²) in [7, 11) is 1.59. The van der Waals surface area contributed by atoms with E-state index in [0.717, 1.165) is 16.2 Å². The Hall–Kier alpha value is -3.48. The molecule has 0 unspecified atom stereocenters. The fourth-order valence-electron chi connectivity index (χ4n) is 2.93. The minimum atomic E-state index is -0.665. The van der Waals surface area contributed by atoms with Crippen molar-refractivity contribution in [2.24, 2.45) is 0 Å². The van der Waals surface area contributed by atoms with Crippen LogP contribution in [-0.2, 0) is 0 Å². The average molecular weight is 349 g/mol. The number of hydrogen-bond donors (Lipinski definition) is 0. The van der Waals surface area contributed by atoms with Gasteiger partial charge in [-0.1, -0.05) is 17.3 Å². The lowest BCUT2D eigenvalue weighted by Crippen LogP contribution is -2.32. The van der Waals surface area contributed by atoms with Gasteiger partial charge in [-0.25, -0.2) is 0 Å². The van der Waals surface area contributed by atoms with Gasteiger partial charge < -0.3 is 9.26 Å². The zero-order chi connectivity index (χ0) is 18.3. The number of carbonyl (C=O) groups excluding carboxylic acids is 2. The van der Waals surface area contributed by atoms with E-state index in [0.29, 0.717) is 17.0 Å². The van der Waals surface area contributed by atoms with Crippen molar-refractivity contribution < 1.29 is 18.8 Å². The van der Waals surface area contributed by atoms with Gasteiger partial charge in [0.1, 0.15) is 11.8 Å². The van der Waals surface area contributed by atoms with E-state index in [2.05, 4.69) is 10.1 Å². The van der Waals surface area contributed by atoms with Crippen LogP contribution in [0.15, 0.2) is 53.1 Å². The zero-order valence-electron chi connectivity index (χ0n) is 14.2. The fourth-order valence-corrected chi connectivity index (χ4v) is 2.93. The first-order valence-electron chi connectivity index (χ1n) is 8.05. The zero-order valence-corrected chi connectivity index (χ0v) is 14.2. The van der Waals surface area contributed by atoms with E-state index in [1.807, 2.05) is 0 Å². The number of imide groups is 1. The lowest BCUT2D eigenvalue weighted by atomic mass is 10.1. The fraction of sp³-hybridized carbons (Fsp3) is 0.158. The molecule has 0 fully saturated rings. The van der Waals surface area contributed by atoms with Crippen LogP contribution < -0.4 is 4.74 Å². The molecule has 0 aliphatic carbocycles. The van der Waals surface area contributed by atoms with E-state index < -0.39 is 6.04 Å². The highest BCUT2D eigenvalue weighted by molar-refractivity contribution is 6.21. The van der Waals surface area contributed by atoms with Crippen LogP contribution >= 0.6 is 0 Å².